The van der Waals surface area contributed by atoms with Crippen LogP contribution in [-0.4, -0.2) is 25.1 Å². The van der Waals surface area contributed by atoms with Gasteiger partial charge in [0.2, 0.25) is 0 Å². The SMILES string of the molecule is CCOC1CCC2C(CCC3C(F)C(C)CCC32)C1F. The molecule has 0 aromatic rings. The first-order valence-electron chi connectivity index (χ1n) is 8.53. The summed E-state index contributed by atoms with van der Waals surface area (Å²) >= 11 is 0. The van der Waals surface area contributed by atoms with Gasteiger partial charge in [-0.15, -0.1) is 0 Å². The minimum atomic E-state index is -0.827. The third kappa shape index (κ3) is 2.40. The van der Waals surface area contributed by atoms with Crippen molar-refractivity contribution in [3.05, 3.63) is 0 Å². The quantitative estimate of drug-likeness (QED) is 0.723. The summed E-state index contributed by atoms with van der Waals surface area (Å²) in [6, 6.07) is 0. The predicted octanol–water partition coefficient (Wildman–Crippen LogP) is 4.55. The molecule has 0 amide bonds. The van der Waals surface area contributed by atoms with E-state index in [1.807, 2.05) is 13.8 Å². The number of rotatable bonds is 2. The monoisotopic (exact) mass is 286 g/mol. The van der Waals surface area contributed by atoms with Crippen molar-refractivity contribution >= 4 is 0 Å². The molecule has 8 atom stereocenters. The van der Waals surface area contributed by atoms with Gasteiger partial charge in [-0.25, -0.2) is 8.78 Å². The standard InChI is InChI=1S/C17H28F2O/c1-3-20-15-9-8-12-11-5-4-10(2)16(18)13(11)6-7-14(12)17(15)19/h10-17H,3-9H2,1-2H3. The van der Waals surface area contributed by atoms with Crippen LogP contribution in [0, 0.1) is 29.6 Å². The first kappa shape index (κ1) is 14.7. The summed E-state index contributed by atoms with van der Waals surface area (Å²) in [4.78, 5) is 0. The van der Waals surface area contributed by atoms with Crippen LogP contribution < -0.4 is 0 Å². The van der Waals surface area contributed by atoms with E-state index in [1.54, 1.807) is 0 Å². The maximum atomic E-state index is 14.7. The fourth-order valence-corrected chi connectivity index (χ4v) is 5.31. The summed E-state index contributed by atoms with van der Waals surface area (Å²) in [5.41, 5.74) is 0. The zero-order chi connectivity index (χ0) is 14.3. The van der Waals surface area contributed by atoms with Gasteiger partial charge in [0.1, 0.15) is 12.3 Å². The average Bonchev–Trinajstić information content (AvgIpc) is 2.45. The number of halogens is 2. The minimum Gasteiger partial charge on any atom is -0.375 e. The van der Waals surface area contributed by atoms with E-state index in [1.165, 1.54) is 0 Å². The fourth-order valence-electron chi connectivity index (χ4n) is 5.31. The molecule has 8 unspecified atom stereocenters. The molecule has 1 nitrogen and oxygen atoms in total. The van der Waals surface area contributed by atoms with Crippen molar-refractivity contribution in [2.45, 2.75) is 70.8 Å². The van der Waals surface area contributed by atoms with Crippen LogP contribution in [-0.2, 0) is 4.74 Å². The van der Waals surface area contributed by atoms with Crippen LogP contribution in [0.25, 0.3) is 0 Å². The lowest BCUT2D eigenvalue weighted by Gasteiger charge is -2.52. The summed E-state index contributed by atoms with van der Waals surface area (Å²) in [6.07, 6.45) is 4.02. The topological polar surface area (TPSA) is 9.23 Å². The second kappa shape index (κ2) is 5.90. The summed E-state index contributed by atoms with van der Waals surface area (Å²) in [5.74, 6) is 1.37. The van der Waals surface area contributed by atoms with E-state index >= 15 is 0 Å². The van der Waals surface area contributed by atoms with Crippen molar-refractivity contribution in [3.63, 3.8) is 0 Å². The van der Waals surface area contributed by atoms with Crippen LogP contribution in [0.4, 0.5) is 8.78 Å². The molecular formula is C17H28F2O. The van der Waals surface area contributed by atoms with Crippen LogP contribution in [0.2, 0.25) is 0 Å². The van der Waals surface area contributed by atoms with Crippen molar-refractivity contribution in [1.29, 1.82) is 0 Å². The van der Waals surface area contributed by atoms with Gasteiger partial charge in [0.15, 0.2) is 0 Å². The Labute approximate surface area is 121 Å². The molecule has 3 aliphatic carbocycles. The molecule has 0 bridgehead atoms. The minimum absolute atomic E-state index is 0.127. The maximum Gasteiger partial charge on any atom is 0.129 e. The molecule has 0 heterocycles. The molecule has 0 radical (unpaired) electrons. The van der Waals surface area contributed by atoms with Crippen LogP contribution in [0.15, 0.2) is 0 Å². The van der Waals surface area contributed by atoms with E-state index in [0.29, 0.717) is 18.4 Å². The molecule has 0 N–H and O–H groups in total. The van der Waals surface area contributed by atoms with Gasteiger partial charge in [0.25, 0.3) is 0 Å². The maximum absolute atomic E-state index is 14.7. The first-order chi connectivity index (χ1) is 9.63. The molecule has 0 saturated heterocycles. The van der Waals surface area contributed by atoms with E-state index in [4.69, 9.17) is 4.74 Å². The normalized spacial score (nSPS) is 52.2. The molecule has 3 fully saturated rings. The summed E-state index contributed by atoms with van der Waals surface area (Å²) < 4.78 is 34.7. The highest BCUT2D eigenvalue weighted by molar-refractivity contribution is 5.00. The predicted molar refractivity (Wildman–Crippen MR) is 76.0 cm³/mol. The summed E-state index contributed by atoms with van der Waals surface area (Å²) in [7, 11) is 0. The first-order valence-corrected chi connectivity index (χ1v) is 8.53. The van der Waals surface area contributed by atoms with Crippen molar-refractivity contribution in [2.75, 3.05) is 6.61 Å². The lowest BCUT2D eigenvalue weighted by atomic mass is 9.55. The Hall–Kier alpha value is -0.180. The van der Waals surface area contributed by atoms with Gasteiger partial charge in [-0.1, -0.05) is 6.92 Å². The Balaban J connectivity index is 1.72. The Morgan fingerprint density at radius 2 is 1.35 bits per heavy atom. The van der Waals surface area contributed by atoms with Crippen molar-refractivity contribution in [1.82, 2.24) is 0 Å². The molecular weight excluding hydrogens is 258 g/mol. The van der Waals surface area contributed by atoms with E-state index < -0.39 is 12.3 Å². The summed E-state index contributed by atoms with van der Waals surface area (Å²) in [5, 5.41) is 0. The van der Waals surface area contributed by atoms with Crippen LogP contribution in [0.1, 0.15) is 52.4 Å². The summed E-state index contributed by atoms with van der Waals surface area (Å²) in [6.45, 7) is 4.57. The molecule has 3 rings (SSSR count). The highest BCUT2D eigenvalue weighted by Crippen LogP contribution is 2.54. The Bertz CT molecular complexity index is 335. The van der Waals surface area contributed by atoms with Gasteiger partial charge in [-0.2, -0.15) is 0 Å². The lowest BCUT2D eigenvalue weighted by molar-refractivity contribution is -0.113. The third-order valence-corrected chi connectivity index (χ3v) is 6.32. The van der Waals surface area contributed by atoms with Crippen LogP contribution in [0.5, 0.6) is 0 Å². The number of hydrogen-bond acceptors (Lipinski definition) is 1. The Morgan fingerprint density at radius 1 is 0.800 bits per heavy atom. The highest BCUT2D eigenvalue weighted by Gasteiger charge is 2.51. The van der Waals surface area contributed by atoms with Gasteiger partial charge in [0, 0.05) is 6.61 Å². The van der Waals surface area contributed by atoms with Gasteiger partial charge < -0.3 is 4.74 Å². The molecule has 116 valence electrons. The molecule has 3 aliphatic rings. The smallest absolute Gasteiger partial charge is 0.129 e. The fraction of sp³-hybridized carbons (Fsp3) is 1.00. The average molecular weight is 286 g/mol. The van der Waals surface area contributed by atoms with E-state index in [0.717, 1.165) is 38.5 Å². The highest BCUT2D eigenvalue weighted by atomic mass is 19.1. The molecule has 3 saturated carbocycles. The number of hydrogen-bond donors (Lipinski definition) is 0. The van der Waals surface area contributed by atoms with Crippen molar-refractivity contribution < 1.29 is 13.5 Å². The zero-order valence-corrected chi connectivity index (χ0v) is 12.7. The number of alkyl halides is 2. The van der Waals surface area contributed by atoms with Gasteiger partial charge in [-0.05, 0) is 75.0 Å². The molecule has 0 spiro atoms. The van der Waals surface area contributed by atoms with E-state index in [9.17, 15) is 8.78 Å². The van der Waals surface area contributed by atoms with Crippen molar-refractivity contribution in [2.24, 2.45) is 29.6 Å². The van der Waals surface area contributed by atoms with E-state index in [-0.39, 0.29) is 23.9 Å². The molecule has 0 aromatic carbocycles. The number of ether oxygens (including phenoxy) is 1. The largest absolute Gasteiger partial charge is 0.375 e. The third-order valence-electron chi connectivity index (χ3n) is 6.32. The Kier molecular flexibility index (Phi) is 4.35. The zero-order valence-electron chi connectivity index (χ0n) is 12.7. The molecule has 20 heavy (non-hydrogen) atoms. The number of fused-ring (bicyclic) bond motifs is 3. The van der Waals surface area contributed by atoms with E-state index in [2.05, 4.69) is 0 Å². The second-order valence-corrected chi connectivity index (χ2v) is 7.25. The van der Waals surface area contributed by atoms with Gasteiger partial charge in [0.05, 0.1) is 6.10 Å². The molecule has 0 aliphatic heterocycles. The molecule has 3 heteroatoms. The molecule has 0 aromatic heterocycles. The van der Waals surface area contributed by atoms with Crippen molar-refractivity contribution in [3.8, 4) is 0 Å². The second-order valence-electron chi connectivity index (χ2n) is 7.25. The van der Waals surface area contributed by atoms with Gasteiger partial charge in [-0.3, -0.25) is 0 Å². The van der Waals surface area contributed by atoms with Crippen LogP contribution >= 0.6 is 0 Å². The lowest BCUT2D eigenvalue weighted by Crippen LogP contribution is -2.51. The Morgan fingerprint density at radius 3 is 2.00 bits per heavy atom. The van der Waals surface area contributed by atoms with Gasteiger partial charge >= 0.3 is 0 Å². The van der Waals surface area contributed by atoms with Crippen LogP contribution in [0.3, 0.4) is 0 Å².